The van der Waals surface area contributed by atoms with Crippen LogP contribution >= 0.6 is 0 Å². The predicted molar refractivity (Wildman–Crippen MR) is 65.5 cm³/mol. The number of hydrogen-bond acceptors (Lipinski definition) is 3. The highest BCUT2D eigenvalue weighted by molar-refractivity contribution is 5.79. The smallest absolute Gasteiger partial charge is 0.314 e. The third kappa shape index (κ3) is 1.88. The minimum absolute atomic E-state index is 0.143. The van der Waals surface area contributed by atoms with Crippen LogP contribution in [0.4, 0.5) is 0 Å². The zero-order valence-electron chi connectivity index (χ0n) is 11.2. The molecular formula is C14H24O3. The molecule has 0 saturated heterocycles. The van der Waals surface area contributed by atoms with Gasteiger partial charge in [-0.25, -0.2) is 0 Å². The second kappa shape index (κ2) is 3.98. The Bertz CT molecular complexity index is 317. The Morgan fingerprint density at radius 2 is 1.88 bits per heavy atom. The van der Waals surface area contributed by atoms with E-state index in [1.165, 1.54) is 0 Å². The van der Waals surface area contributed by atoms with Crippen molar-refractivity contribution < 1.29 is 14.6 Å². The van der Waals surface area contributed by atoms with E-state index in [0.717, 1.165) is 38.5 Å². The van der Waals surface area contributed by atoms with Gasteiger partial charge in [0.05, 0.1) is 17.6 Å². The predicted octanol–water partition coefficient (Wildman–Crippen LogP) is 2.66. The van der Waals surface area contributed by atoms with Crippen LogP contribution in [0.2, 0.25) is 0 Å². The molecule has 0 aromatic heterocycles. The molecule has 0 aromatic carbocycles. The summed E-state index contributed by atoms with van der Waals surface area (Å²) < 4.78 is 5.20. The third-order valence-electron chi connectivity index (χ3n) is 4.75. The van der Waals surface area contributed by atoms with Gasteiger partial charge in [-0.15, -0.1) is 0 Å². The summed E-state index contributed by atoms with van der Waals surface area (Å²) in [5, 5.41) is 10.9. The van der Waals surface area contributed by atoms with Crippen LogP contribution in [0.1, 0.15) is 59.3 Å². The summed E-state index contributed by atoms with van der Waals surface area (Å²) in [6, 6.07) is 0. The highest BCUT2D eigenvalue weighted by atomic mass is 16.5. The van der Waals surface area contributed by atoms with Crippen LogP contribution in [-0.2, 0) is 9.53 Å². The van der Waals surface area contributed by atoms with Crippen LogP contribution in [0.15, 0.2) is 0 Å². The molecule has 2 aliphatic carbocycles. The standard InChI is InChI=1S/C14H24O3/c1-4-17-11(15)13(6-5-7-13)14(16)9-8-12(2,3)10-14/h16H,4-10H2,1-3H3. The Morgan fingerprint density at radius 1 is 1.24 bits per heavy atom. The van der Waals surface area contributed by atoms with Crippen LogP contribution in [-0.4, -0.2) is 23.3 Å². The normalized spacial score (nSPS) is 34.1. The lowest BCUT2D eigenvalue weighted by atomic mass is 9.57. The van der Waals surface area contributed by atoms with Gasteiger partial charge in [-0.05, 0) is 44.4 Å². The summed E-state index contributed by atoms with van der Waals surface area (Å²) >= 11 is 0. The summed E-state index contributed by atoms with van der Waals surface area (Å²) in [6.07, 6.45) is 5.06. The summed E-state index contributed by atoms with van der Waals surface area (Å²) in [7, 11) is 0. The molecule has 2 saturated carbocycles. The molecular weight excluding hydrogens is 216 g/mol. The van der Waals surface area contributed by atoms with Crippen molar-refractivity contribution in [2.24, 2.45) is 10.8 Å². The Kier molecular flexibility index (Phi) is 3.01. The first-order chi connectivity index (χ1) is 7.85. The van der Waals surface area contributed by atoms with Gasteiger partial charge in [-0.3, -0.25) is 4.79 Å². The molecule has 3 heteroatoms. The van der Waals surface area contributed by atoms with E-state index in [-0.39, 0.29) is 11.4 Å². The van der Waals surface area contributed by atoms with Gasteiger partial charge in [0.2, 0.25) is 0 Å². The van der Waals surface area contributed by atoms with E-state index in [4.69, 9.17) is 4.74 Å². The Balaban J connectivity index is 2.21. The monoisotopic (exact) mass is 240 g/mol. The van der Waals surface area contributed by atoms with Gasteiger partial charge in [-0.1, -0.05) is 20.3 Å². The average molecular weight is 240 g/mol. The molecule has 0 spiro atoms. The van der Waals surface area contributed by atoms with E-state index in [9.17, 15) is 9.90 Å². The fourth-order valence-corrected chi connectivity index (χ4v) is 3.58. The molecule has 2 rings (SSSR count). The van der Waals surface area contributed by atoms with E-state index in [1.807, 2.05) is 6.92 Å². The Hall–Kier alpha value is -0.570. The molecule has 0 amide bonds. The number of rotatable bonds is 3. The maximum absolute atomic E-state index is 12.2. The highest BCUT2D eigenvalue weighted by Crippen LogP contribution is 2.59. The average Bonchev–Trinajstić information content (AvgIpc) is 2.39. The van der Waals surface area contributed by atoms with Crippen LogP contribution in [0.5, 0.6) is 0 Å². The molecule has 0 heterocycles. The maximum atomic E-state index is 12.2. The first-order valence-corrected chi connectivity index (χ1v) is 6.75. The number of aliphatic hydroxyl groups is 1. The van der Waals surface area contributed by atoms with Gasteiger partial charge in [0, 0.05) is 0 Å². The van der Waals surface area contributed by atoms with Gasteiger partial charge in [0.25, 0.3) is 0 Å². The summed E-state index contributed by atoms with van der Waals surface area (Å²) in [5.41, 5.74) is -1.29. The third-order valence-corrected chi connectivity index (χ3v) is 4.75. The van der Waals surface area contributed by atoms with Crippen LogP contribution in [0.3, 0.4) is 0 Å². The molecule has 0 aliphatic heterocycles. The van der Waals surface area contributed by atoms with Crippen LogP contribution in [0, 0.1) is 10.8 Å². The molecule has 1 unspecified atom stereocenters. The van der Waals surface area contributed by atoms with Gasteiger partial charge in [0.1, 0.15) is 0 Å². The van der Waals surface area contributed by atoms with Gasteiger partial charge < -0.3 is 9.84 Å². The van der Waals surface area contributed by atoms with Crippen molar-refractivity contribution in [1.29, 1.82) is 0 Å². The molecule has 2 fully saturated rings. The van der Waals surface area contributed by atoms with E-state index in [2.05, 4.69) is 13.8 Å². The van der Waals surface area contributed by atoms with Crippen molar-refractivity contribution in [2.75, 3.05) is 6.61 Å². The fourth-order valence-electron chi connectivity index (χ4n) is 3.58. The van der Waals surface area contributed by atoms with Gasteiger partial charge in [0.15, 0.2) is 0 Å². The van der Waals surface area contributed by atoms with Crippen molar-refractivity contribution in [2.45, 2.75) is 64.9 Å². The van der Waals surface area contributed by atoms with E-state index in [0.29, 0.717) is 6.61 Å². The van der Waals surface area contributed by atoms with Crippen molar-refractivity contribution in [3.8, 4) is 0 Å². The number of carbonyl (C=O) groups is 1. The van der Waals surface area contributed by atoms with Gasteiger partial charge >= 0.3 is 5.97 Å². The molecule has 1 N–H and O–H groups in total. The molecule has 3 nitrogen and oxygen atoms in total. The second-order valence-electron chi connectivity index (χ2n) is 6.53. The Labute approximate surface area is 104 Å². The number of carbonyl (C=O) groups excluding carboxylic acids is 1. The van der Waals surface area contributed by atoms with Gasteiger partial charge in [-0.2, -0.15) is 0 Å². The maximum Gasteiger partial charge on any atom is 0.314 e. The minimum atomic E-state index is -0.832. The van der Waals surface area contributed by atoms with Crippen molar-refractivity contribution in [3.63, 3.8) is 0 Å². The number of esters is 1. The fraction of sp³-hybridized carbons (Fsp3) is 0.929. The summed E-state index contributed by atoms with van der Waals surface area (Å²) in [6.45, 7) is 6.57. The van der Waals surface area contributed by atoms with E-state index in [1.54, 1.807) is 0 Å². The molecule has 0 radical (unpaired) electrons. The Morgan fingerprint density at radius 3 is 2.24 bits per heavy atom. The van der Waals surface area contributed by atoms with E-state index < -0.39 is 11.0 Å². The van der Waals surface area contributed by atoms with Crippen LogP contribution < -0.4 is 0 Å². The largest absolute Gasteiger partial charge is 0.465 e. The molecule has 0 aromatic rings. The zero-order valence-corrected chi connectivity index (χ0v) is 11.2. The van der Waals surface area contributed by atoms with E-state index >= 15 is 0 Å². The lowest BCUT2D eigenvalue weighted by Crippen LogP contribution is -2.57. The molecule has 0 bridgehead atoms. The first kappa shape index (κ1) is 12.9. The van der Waals surface area contributed by atoms with Crippen molar-refractivity contribution in [1.82, 2.24) is 0 Å². The number of ether oxygens (including phenoxy) is 1. The first-order valence-electron chi connectivity index (χ1n) is 6.75. The molecule has 98 valence electrons. The van der Waals surface area contributed by atoms with Crippen molar-refractivity contribution >= 4 is 5.97 Å². The van der Waals surface area contributed by atoms with Crippen LogP contribution in [0.25, 0.3) is 0 Å². The highest BCUT2D eigenvalue weighted by Gasteiger charge is 2.63. The number of hydrogen-bond donors (Lipinski definition) is 1. The topological polar surface area (TPSA) is 46.5 Å². The molecule has 1 atom stereocenters. The minimum Gasteiger partial charge on any atom is -0.465 e. The lowest BCUT2D eigenvalue weighted by molar-refractivity contribution is -0.190. The molecule has 2 aliphatic rings. The molecule has 17 heavy (non-hydrogen) atoms. The summed E-state index contributed by atoms with van der Waals surface area (Å²) in [4.78, 5) is 12.2. The SMILES string of the molecule is CCOC(=O)C1(C2(O)CCC(C)(C)C2)CCC1. The second-order valence-corrected chi connectivity index (χ2v) is 6.53. The summed E-state index contributed by atoms with van der Waals surface area (Å²) in [5.74, 6) is -0.175. The lowest BCUT2D eigenvalue weighted by Gasteiger charge is -2.49. The quantitative estimate of drug-likeness (QED) is 0.771. The zero-order chi connectivity index (χ0) is 12.7. The van der Waals surface area contributed by atoms with Crippen molar-refractivity contribution in [3.05, 3.63) is 0 Å².